The lowest BCUT2D eigenvalue weighted by Crippen LogP contribution is -2.36. The highest BCUT2D eigenvalue weighted by Gasteiger charge is 2.41. The molecule has 1 unspecified atom stereocenters. The van der Waals surface area contributed by atoms with Crippen LogP contribution in [0.1, 0.15) is 32.8 Å². The van der Waals surface area contributed by atoms with Gasteiger partial charge in [-0.3, -0.25) is 0 Å². The number of halogens is 3. The molecule has 0 spiro atoms. The van der Waals surface area contributed by atoms with Crippen LogP contribution in [0.15, 0.2) is 24.3 Å². The fourth-order valence-corrected chi connectivity index (χ4v) is 1.64. The van der Waals surface area contributed by atoms with Crippen LogP contribution in [-0.4, -0.2) is 18.8 Å². The van der Waals surface area contributed by atoms with Gasteiger partial charge in [-0.1, -0.05) is 32.9 Å². The largest absolute Gasteiger partial charge is 0.481 e. The number of alkyl halides is 3. The Morgan fingerprint density at radius 3 is 2.32 bits per heavy atom. The van der Waals surface area contributed by atoms with Crippen molar-refractivity contribution in [3.8, 4) is 5.75 Å². The van der Waals surface area contributed by atoms with E-state index in [9.17, 15) is 13.2 Å². The summed E-state index contributed by atoms with van der Waals surface area (Å²) in [6.45, 7) is 5.91. The molecule has 0 amide bonds. The fraction of sp³-hybridized carbons (Fsp3) is 0.571. The molecule has 1 aromatic carbocycles. The monoisotopic (exact) mass is 275 g/mol. The molecule has 5 heteroatoms. The molecule has 0 fully saturated rings. The summed E-state index contributed by atoms with van der Waals surface area (Å²) < 4.78 is 43.3. The van der Waals surface area contributed by atoms with Crippen LogP contribution >= 0.6 is 0 Å². The Morgan fingerprint density at radius 1 is 1.21 bits per heavy atom. The summed E-state index contributed by atoms with van der Waals surface area (Å²) in [4.78, 5) is 0. The third-order valence-corrected chi connectivity index (χ3v) is 2.77. The van der Waals surface area contributed by atoms with Crippen molar-refractivity contribution < 1.29 is 17.9 Å². The Bertz CT molecular complexity index is 410. The minimum atomic E-state index is -4.41. The van der Waals surface area contributed by atoms with E-state index in [-0.39, 0.29) is 24.1 Å². The molecule has 0 aliphatic rings. The smallest absolute Gasteiger partial charge is 0.425 e. The first-order chi connectivity index (χ1) is 8.64. The van der Waals surface area contributed by atoms with E-state index in [0.29, 0.717) is 0 Å². The highest BCUT2D eigenvalue weighted by Crippen LogP contribution is 2.30. The van der Waals surface area contributed by atoms with Gasteiger partial charge in [-0.2, -0.15) is 13.2 Å². The molecule has 0 saturated heterocycles. The van der Waals surface area contributed by atoms with Gasteiger partial charge >= 0.3 is 6.18 Å². The highest BCUT2D eigenvalue weighted by molar-refractivity contribution is 5.32. The average Bonchev–Trinajstić information content (AvgIpc) is 2.26. The number of nitrogens with two attached hydrogens (primary N) is 1. The first-order valence-corrected chi connectivity index (χ1v) is 6.18. The molecule has 0 heterocycles. The van der Waals surface area contributed by atoms with Crippen LogP contribution in [0, 0.1) is 0 Å². The van der Waals surface area contributed by atoms with Crippen LogP contribution in [0.2, 0.25) is 0 Å². The molecule has 2 nitrogen and oxygen atoms in total. The van der Waals surface area contributed by atoms with Gasteiger partial charge in [0.25, 0.3) is 0 Å². The maximum atomic E-state index is 12.7. The van der Waals surface area contributed by atoms with Gasteiger partial charge in [-0.05, 0) is 29.7 Å². The first kappa shape index (κ1) is 15.8. The molecular formula is C14H20F3NO. The maximum Gasteiger partial charge on any atom is 0.425 e. The van der Waals surface area contributed by atoms with Gasteiger partial charge in [-0.15, -0.1) is 0 Å². The second-order valence-electron chi connectivity index (χ2n) is 5.50. The van der Waals surface area contributed by atoms with E-state index >= 15 is 0 Å². The van der Waals surface area contributed by atoms with Crippen molar-refractivity contribution in [3.05, 3.63) is 29.8 Å². The van der Waals surface area contributed by atoms with Gasteiger partial charge in [0.05, 0.1) is 0 Å². The molecule has 0 bridgehead atoms. The van der Waals surface area contributed by atoms with Crippen molar-refractivity contribution in [2.24, 2.45) is 5.73 Å². The Hall–Kier alpha value is -1.23. The van der Waals surface area contributed by atoms with Gasteiger partial charge < -0.3 is 10.5 Å². The lowest BCUT2D eigenvalue weighted by Gasteiger charge is -2.23. The van der Waals surface area contributed by atoms with Crippen LogP contribution in [0.3, 0.4) is 0 Å². The third kappa shape index (κ3) is 4.74. The van der Waals surface area contributed by atoms with E-state index in [0.717, 1.165) is 5.56 Å². The number of hydrogen-bond acceptors (Lipinski definition) is 2. The number of rotatable bonds is 4. The number of benzene rings is 1. The summed E-state index contributed by atoms with van der Waals surface area (Å²) in [6, 6.07) is 6.75. The summed E-state index contributed by atoms with van der Waals surface area (Å²) in [5.41, 5.74) is 5.99. The van der Waals surface area contributed by atoms with Crippen molar-refractivity contribution in [1.82, 2.24) is 0 Å². The number of ether oxygens (including phenoxy) is 1. The number of hydrogen-bond donors (Lipinski definition) is 1. The van der Waals surface area contributed by atoms with E-state index in [4.69, 9.17) is 10.5 Å². The molecule has 2 N–H and O–H groups in total. The molecule has 108 valence electrons. The normalized spacial score (nSPS) is 14.3. The highest BCUT2D eigenvalue weighted by atomic mass is 19.4. The molecule has 0 aliphatic carbocycles. The van der Waals surface area contributed by atoms with Gasteiger partial charge in [0.1, 0.15) is 5.75 Å². The van der Waals surface area contributed by atoms with Crippen LogP contribution in [0.25, 0.3) is 0 Å². The third-order valence-electron chi connectivity index (χ3n) is 2.77. The second-order valence-corrected chi connectivity index (χ2v) is 5.50. The summed E-state index contributed by atoms with van der Waals surface area (Å²) in [7, 11) is 0. The lowest BCUT2D eigenvalue weighted by atomic mass is 9.87. The standard InChI is InChI=1S/C14H20F3NO/c1-13(2,3)10-5-4-6-11(9-10)19-12(7-8-18)14(15,16)17/h4-6,9,12H,7-8,18H2,1-3H3. The summed E-state index contributed by atoms with van der Waals surface area (Å²) in [5, 5.41) is 0. The lowest BCUT2D eigenvalue weighted by molar-refractivity contribution is -0.196. The quantitative estimate of drug-likeness (QED) is 0.910. The van der Waals surface area contributed by atoms with Crippen LogP contribution in [0.5, 0.6) is 5.75 Å². The zero-order valence-electron chi connectivity index (χ0n) is 11.4. The van der Waals surface area contributed by atoms with Gasteiger partial charge in [0, 0.05) is 6.42 Å². The summed E-state index contributed by atoms with van der Waals surface area (Å²) in [6.07, 6.45) is -6.51. The Balaban J connectivity index is 2.91. The molecule has 1 aromatic rings. The molecule has 0 aromatic heterocycles. The van der Waals surface area contributed by atoms with Crippen LogP contribution in [0.4, 0.5) is 13.2 Å². The van der Waals surface area contributed by atoms with Crippen molar-refractivity contribution in [1.29, 1.82) is 0 Å². The summed E-state index contributed by atoms with van der Waals surface area (Å²) in [5.74, 6) is 0.225. The summed E-state index contributed by atoms with van der Waals surface area (Å²) >= 11 is 0. The zero-order valence-corrected chi connectivity index (χ0v) is 11.4. The van der Waals surface area contributed by atoms with E-state index in [1.165, 1.54) is 6.07 Å². The topological polar surface area (TPSA) is 35.2 Å². The average molecular weight is 275 g/mol. The van der Waals surface area contributed by atoms with E-state index in [1.54, 1.807) is 12.1 Å². The maximum absolute atomic E-state index is 12.7. The Kier molecular flexibility index (Phi) is 4.85. The van der Waals surface area contributed by atoms with Crippen molar-refractivity contribution in [2.45, 2.75) is 44.9 Å². The minimum absolute atomic E-state index is 0.0663. The predicted octanol–water partition coefficient (Wildman–Crippen LogP) is 3.64. The molecule has 19 heavy (non-hydrogen) atoms. The molecule has 0 saturated carbocycles. The van der Waals surface area contributed by atoms with E-state index in [1.807, 2.05) is 26.8 Å². The van der Waals surface area contributed by atoms with Crippen LogP contribution < -0.4 is 10.5 Å². The molecule has 0 radical (unpaired) electrons. The van der Waals surface area contributed by atoms with Gasteiger partial charge in [0.15, 0.2) is 6.10 Å². The van der Waals surface area contributed by atoms with Crippen molar-refractivity contribution in [3.63, 3.8) is 0 Å². The predicted molar refractivity (Wildman–Crippen MR) is 69.3 cm³/mol. The zero-order chi connectivity index (χ0) is 14.7. The SMILES string of the molecule is CC(C)(C)c1cccc(OC(CCN)C(F)(F)F)c1. The van der Waals surface area contributed by atoms with E-state index in [2.05, 4.69) is 0 Å². The Morgan fingerprint density at radius 2 is 1.84 bits per heavy atom. The van der Waals surface area contributed by atoms with E-state index < -0.39 is 12.3 Å². The minimum Gasteiger partial charge on any atom is -0.481 e. The van der Waals surface area contributed by atoms with Crippen LogP contribution in [-0.2, 0) is 5.41 Å². The second kappa shape index (κ2) is 5.82. The first-order valence-electron chi connectivity index (χ1n) is 6.18. The Labute approximate surface area is 111 Å². The molecule has 1 rings (SSSR count). The molecule has 0 aliphatic heterocycles. The van der Waals surface area contributed by atoms with Gasteiger partial charge in [0.2, 0.25) is 0 Å². The molecule has 1 atom stereocenters. The van der Waals surface area contributed by atoms with Gasteiger partial charge in [-0.25, -0.2) is 0 Å². The van der Waals surface area contributed by atoms with Crippen molar-refractivity contribution >= 4 is 0 Å². The molecular weight excluding hydrogens is 255 g/mol. The fourth-order valence-electron chi connectivity index (χ4n) is 1.64. The van der Waals surface area contributed by atoms with Crippen molar-refractivity contribution in [2.75, 3.05) is 6.54 Å².